The van der Waals surface area contributed by atoms with Crippen molar-refractivity contribution in [2.24, 2.45) is 0 Å². The molecule has 0 spiro atoms. The summed E-state index contributed by atoms with van der Waals surface area (Å²) >= 11 is 9.26. The molecule has 0 bridgehead atoms. The summed E-state index contributed by atoms with van der Waals surface area (Å²) in [6, 6.07) is 12.2. The smallest absolute Gasteiger partial charge is 0.256 e. The minimum Gasteiger partial charge on any atom is -0.349 e. The van der Waals surface area contributed by atoms with Crippen LogP contribution in [0.2, 0.25) is 5.02 Å². The predicted molar refractivity (Wildman–Crippen MR) is 95.9 cm³/mol. The maximum absolute atomic E-state index is 12.3. The monoisotopic (exact) mass is 394 g/mol. The van der Waals surface area contributed by atoms with Gasteiger partial charge >= 0.3 is 0 Å². The third-order valence-electron chi connectivity index (χ3n) is 3.24. The number of nitrogens with one attached hydrogen (secondary N) is 1. The van der Waals surface area contributed by atoms with Crippen molar-refractivity contribution in [2.75, 3.05) is 19.4 Å². The molecule has 0 atom stereocenters. The fourth-order valence-corrected chi connectivity index (χ4v) is 2.51. The Morgan fingerprint density at radius 3 is 2.39 bits per heavy atom. The molecular weight excluding hydrogens is 380 g/mol. The van der Waals surface area contributed by atoms with Crippen LogP contribution >= 0.6 is 27.5 Å². The maximum Gasteiger partial charge on any atom is 0.256 e. The van der Waals surface area contributed by atoms with Gasteiger partial charge in [-0.3, -0.25) is 9.59 Å². The molecule has 0 aliphatic carbocycles. The van der Waals surface area contributed by atoms with Crippen LogP contribution in [0.15, 0.2) is 46.9 Å². The SMILES string of the molecule is CN(C)C(=O)Cc1ccc(NC(=O)c2cc(Cl)ccc2Br)cc1. The largest absolute Gasteiger partial charge is 0.349 e. The van der Waals surface area contributed by atoms with Crippen LogP contribution in [0, 0.1) is 0 Å². The summed E-state index contributed by atoms with van der Waals surface area (Å²) in [7, 11) is 3.44. The van der Waals surface area contributed by atoms with E-state index in [-0.39, 0.29) is 11.8 Å². The van der Waals surface area contributed by atoms with E-state index in [2.05, 4.69) is 21.2 Å². The first-order valence-corrected chi connectivity index (χ1v) is 8.09. The van der Waals surface area contributed by atoms with Gasteiger partial charge in [0, 0.05) is 29.3 Å². The van der Waals surface area contributed by atoms with Gasteiger partial charge in [-0.2, -0.15) is 0 Å². The summed E-state index contributed by atoms with van der Waals surface area (Å²) in [5.74, 6) is -0.221. The van der Waals surface area contributed by atoms with Crippen molar-refractivity contribution in [2.45, 2.75) is 6.42 Å². The van der Waals surface area contributed by atoms with Crippen LogP contribution in [-0.2, 0) is 11.2 Å². The van der Waals surface area contributed by atoms with Crippen molar-refractivity contribution in [3.05, 3.63) is 63.1 Å². The number of carbonyl (C=O) groups excluding carboxylic acids is 2. The number of hydrogen-bond donors (Lipinski definition) is 1. The third-order valence-corrected chi connectivity index (χ3v) is 4.17. The Hall–Kier alpha value is -1.85. The molecule has 0 unspecified atom stereocenters. The van der Waals surface area contributed by atoms with Crippen molar-refractivity contribution >= 4 is 45.0 Å². The number of amides is 2. The zero-order chi connectivity index (χ0) is 17.0. The molecule has 120 valence electrons. The number of nitrogens with zero attached hydrogens (tertiary/aromatic N) is 1. The van der Waals surface area contributed by atoms with Gasteiger partial charge in [0.25, 0.3) is 5.91 Å². The van der Waals surface area contributed by atoms with E-state index < -0.39 is 0 Å². The molecule has 0 aliphatic heterocycles. The number of anilines is 1. The van der Waals surface area contributed by atoms with Crippen LogP contribution in [0.4, 0.5) is 5.69 Å². The van der Waals surface area contributed by atoms with Gasteiger partial charge in [-0.05, 0) is 51.8 Å². The Balaban J connectivity index is 2.07. The van der Waals surface area contributed by atoms with Gasteiger partial charge in [-0.25, -0.2) is 0 Å². The van der Waals surface area contributed by atoms with Crippen LogP contribution in [0.3, 0.4) is 0 Å². The molecule has 0 saturated carbocycles. The molecule has 0 aromatic heterocycles. The highest BCUT2D eigenvalue weighted by Gasteiger charge is 2.11. The molecule has 2 amide bonds. The highest BCUT2D eigenvalue weighted by Crippen LogP contribution is 2.22. The lowest BCUT2D eigenvalue weighted by Gasteiger charge is -2.11. The third kappa shape index (κ3) is 4.81. The molecule has 0 radical (unpaired) electrons. The number of likely N-dealkylation sites (N-methyl/N-ethyl adjacent to an activating group) is 1. The van der Waals surface area contributed by atoms with Crippen LogP contribution in [0.5, 0.6) is 0 Å². The Morgan fingerprint density at radius 2 is 1.78 bits per heavy atom. The minimum absolute atomic E-state index is 0.0321. The lowest BCUT2D eigenvalue weighted by molar-refractivity contribution is -0.127. The number of carbonyl (C=O) groups is 2. The van der Waals surface area contributed by atoms with E-state index in [9.17, 15) is 9.59 Å². The lowest BCUT2D eigenvalue weighted by Crippen LogP contribution is -2.23. The molecule has 1 N–H and O–H groups in total. The highest BCUT2D eigenvalue weighted by atomic mass is 79.9. The van der Waals surface area contributed by atoms with E-state index >= 15 is 0 Å². The molecule has 0 aliphatic rings. The average Bonchev–Trinajstić information content (AvgIpc) is 2.51. The number of hydrogen-bond acceptors (Lipinski definition) is 2. The van der Waals surface area contributed by atoms with Crippen molar-refractivity contribution in [3.63, 3.8) is 0 Å². The van der Waals surface area contributed by atoms with E-state index in [1.807, 2.05) is 12.1 Å². The fraction of sp³-hybridized carbons (Fsp3) is 0.176. The van der Waals surface area contributed by atoms with Gasteiger partial charge in [0.15, 0.2) is 0 Å². The van der Waals surface area contributed by atoms with Crippen molar-refractivity contribution in [3.8, 4) is 0 Å². The van der Waals surface area contributed by atoms with E-state index in [1.54, 1.807) is 49.3 Å². The molecular formula is C17H16BrClN2O2. The van der Waals surface area contributed by atoms with Crippen LogP contribution in [-0.4, -0.2) is 30.8 Å². The van der Waals surface area contributed by atoms with Gasteiger partial charge in [-0.1, -0.05) is 23.7 Å². The first kappa shape index (κ1) is 17.5. The van der Waals surface area contributed by atoms with Crippen LogP contribution in [0.25, 0.3) is 0 Å². The first-order chi connectivity index (χ1) is 10.9. The van der Waals surface area contributed by atoms with E-state index in [1.165, 1.54) is 0 Å². The molecule has 4 nitrogen and oxygen atoms in total. The Kier molecular flexibility index (Phi) is 5.80. The van der Waals surface area contributed by atoms with Gasteiger partial charge in [0.1, 0.15) is 0 Å². The molecule has 2 rings (SSSR count). The predicted octanol–water partition coefficient (Wildman–Crippen LogP) is 3.99. The second-order valence-corrected chi connectivity index (χ2v) is 6.53. The summed E-state index contributed by atoms with van der Waals surface area (Å²) in [5.41, 5.74) is 2.01. The molecule has 2 aromatic carbocycles. The Labute approximate surface area is 148 Å². The van der Waals surface area contributed by atoms with E-state index in [0.717, 1.165) is 5.56 Å². The zero-order valence-electron chi connectivity index (χ0n) is 12.8. The molecule has 0 heterocycles. The highest BCUT2D eigenvalue weighted by molar-refractivity contribution is 9.10. The lowest BCUT2D eigenvalue weighted by atomic mass is 10.1. The average molecular weight is 396 g/mol. The summed E-state index contributed by atoms with van der Waals surface area (Å²) in [5, 5.41) is 3.30. The quantitative estimate of drug-likeness (QED) is 0.851. The van der Waals surface area contributed by atoms with Crippen molar-refractivity contribution in [1.29, 1.82) is 0 Å². The van der Waals surface area contributed by atoms with E-state index in [0.29, 0.717) is 27.2 Å². The number of rotatable bonds is 4. The number of halogens is 2. The summed E-state index contributed by atoms with van der Waals surface area (Å²) in [4.78, 5) is 25.5. The minimum atomic E-state index is -0.253. The molecule has 2 aromatic rings. The number of benzene rings is 2. The molecule has 0 saturated heterocycles. The normalized spacial score (nSPS) is 10.3. The topological polar surface area (TPSA) is 49.4 Å². The van der Waals surface area contributed by atoms with Crippen LogP contribution < -0.4 is 5.32 Å². The van der Waals surface area contributed by atoms with Gasteiger partial charge in [0.05, 0.1) is 12.0 Å². The molecule has 23 heavy (non-hydrogen) atoms. The maximum atomic E-state index is 12.3. The second-order valence-electron chi connectivity index (χ2n) is 5.24. The zero-order valence-corrected chi connectivity index (χ0v) is 15.1. The van der Waals surface area contributed by atoms with E-state index in [4.69, 9.17) is 11.6 Å². The molecule has 0 fully saturated rings. The van der Waals surface area contributed by atoms with Crippen molar-refractivity contribution in [1.82, 2.24) is 4.90 Å². The molecule has 6 heteroatoms. The van der Waals surface area contributed by atoms with Gasteiger partial charge in [0.2, 0.25) is 5.91 Å². The Bertz CT molecular complexity index is 730. The summed E-state index contributed by atoms with van der Waals surface area (Å²) < 4.78 is 0.674. The van der Waals surface area contributed by atoms with Crippen molar-refractivity contribution < 1.29 is 9.59 Å². The fourth-order valence-electron chi connectivity index (χ4n) is 1.91. The van der Waals surface area contributed by atoms with Gasteiger partial charge < -0.3 is 10.2 Å². The standard InChI is InChI=1S/C17H16BrClN2O2/c1-21(2)16(22)9-11-3-6-13(7-4-11)20-17(23)14-10-12(19)5-8-15(14)18/h3-8,10H,9H2,1-2H3,(H,20,23). The Morgan fingerprint density at radius 1 is 1.13 bits per heavy atom. The summed E-state index contributed by atoms with van der Waals surface area (Å²) in [6.45, 7) is 0. The second kappa shape index (κ2) is 7.62. The van der Waals surface area contributed by atoms with Gasteiger partial charge in [-0.15, -0.1) is 0 Å². The summed E-state index contributed by atoms with van der Waals surface area (Å²) in [6.07, 6.45) is 0.334. The van der Waals surface area contributed by atoms with Crippen LogP contribution in [0.1, 0.15) is 15.9 Å². The first-order valence-electron chi connectivity index (χ1n) is 6.92.